The summed E-state index contributed by atoms with van der Waals surface area (Å²) in [5.74, 6) is 0.466. The molecule has 0 saturated carbocycles. The van der Waals surface area contributed by atoms with Crippen molar-refractivity contribution in [2.75, 3.05) is 0 Å². The lowest BCUT2D eigenvalue weighted by atomic mass is 9.90. The number of benzene rings is 3. The fourth-order valence-electron chi connectivity index (χ4n) is 3.41. The molecule has 3 aromatic rings. The van der Waals surface area contributed by atoms with Crippen molar-refractivity contribution in [1.82, 2.24) is 0 Å². The molecule has 1 radical (unpaired) electrons. The summed E-state index contributed by atoms with van der Waals surface area (Å²) in [7, 11) is 0. The van der Waals surface area contributed by atoms with Gasteiger partial charge < -0.3 is 0 Å². The van der Waals surface area contributed by atoms with E-state index in [9.17, 15) is 5.11 Å². The van der Waals surface area contributed by atoms with Crippen molar-refractivity contribution in [1.29, 1.82) is 0 Å². The molecule has 1 heteroatoms. The van der Waals surface area contributed by atoms with Crippen LogP contribution in [0.15, 0.2) is 60.7 Å². The van der Waals surface area contributed by atoms with Crippen molar-refractivity contribution in [2.45, 2.75) is 18.8 Å². The highest BCUT2D eigenvalue weighted by atomic mass is 16.3. The third kappa shape index (κ3) is 1.63. The molecule has 0 aliphatic heterocycles. The normalized spacial score (nSPS) is 17.3. The third-order valence-electron chi connectivity index (χ3n) is 4.42. The molecule has 0 amide bonds. The first-order valence-electron chi connectivity index (χ1n) is 7.11. The van der Waals surface area contributed by atoms with Gasteiger partial charge in [-0.1, -0.05) is 60.7 Å². The molecule has 0 aromatic heterocycles. The lowest BCUT2D eigenvalue weighted by Crippen LogP contribution is -1.96. The first-order chi connectivity index (χ1) is 9.84. The van der Waals surface area contributed by atoms with Crippen molar-refractivity contribution in [3.8, 4) is 5.75 Å². The molecule has 4 rings (SSSR count). The Morgan fingerprint density at radius 1 is 0.800 bits per heavy atom. The van der Waals surface area contributed by atoms with Crippen LogP contribution in [0.25, 0.3) is 10.8 Å². The van der Waals surface area contributed by atoms with Gasteiger partial charge in [-0.15, -0.1) is 0 Å². The Balaban J connectivity index is 1.90. The van der Waals surface area contributed by atoms with Gasteiger partial charge in [0, 0.05) is 16.9 Å². The molecule has 0 spiro atoms. The van der Waals surface area contributed by atoms with E-state index in [0.29, 0.717) is 0 Å². The van der Waals surface area contributed by atoms with Crippen molar-refractivity contribution < 1.29 is 5.11 Å². The predicted molar refractivity (Wildman–Crippen MR) is 80.7 cm³/mol. The maximum atomic E-state index is 12.7. The minimum atomic E-state index is 0.199. The summed E-state index contributed by atoms with van der Waals surface area (Å²) in [6.45, 7) is 0. The van der Waals surface area contributed by atoms with Crippen molar-refractivity contribution >= 4 is 10.8 Å². The van der Waals surface area contributed by atoms with Crippen LogP contribution in [0.4, 0.5) is 0 Å². The van der Waals surface area contributed by atoms with E-state index in [1.54, 1.807) is 0 Å². The minimum Gasteiger partial charge on any atom is -0.289 e. The summed E-state index contributed by atoms with van der Waals surface area (Å²) < 4.78 is 0. The average Bonchev–Trinajstić information content (AvgIpc) is 2.92. The smallest absolute Gasteiger partial charge is 0.190 e. The predicted octanol–water partition coefficient (Wildman–Crippen LogP) is 5.06. The van der Waals surface area contributed by atoms with E-state index in [-0.39, 0.29) is 11.7 Å². The molecular weight excluding hydrogens is 244 g/mol. The van der Waals surface area contributed by atoms with Crippen molar-refractivity contribution in [2.24, 2.45) is 0 Å². The summed E-state index contributed by atoms with van der Waals surface area (Å²) in [6, 6.07) is 20.5. The molecule has 3 aromatic carbocycles. The van der Waals surface area contributed by atoms with E-state index in [1.807, 2.05) is 30.3 Å². The van der Waals surface area contributed by atoms with Crippen LogP contribution in [0.1, 0.15) is 29.0 Å². The molecule has 97 valence electrons. The van der Waals surface area contributed by atoms with Gasteiger partial charge in [0.05, 0.1) is 0 Å². The highest BCUT2D eigenvalue weighted by Crippen LogP contribution is 2.43. The van der Waals surface area contributed by atoms with Gasteiger partial charge >= 0.3 is 0 Å². The van der Waals surface area contributed by atoms with Gasteiger partial charge in [-0.05, 0) is 29.4 Å². The first kappa shape index (κ1) is 11.5. The summed E-state index contributed by atoms with van der Waals surface area (Å²) >= 11 is 0. The molecule has 1 aliphatic rings. The topological polar surface area (TPSA) is 19.9 Å². The molecular formula is C19H15O. The maximum Gasteiger partial charge on any atom is 0.190 e. The SMILES string of the molecule is [O]c1c(C2CCc3ccccc32)ccc2ccccc12. The molecule has 20 heavy (non-hydrogen) atoms. The fraction of sp³-hybridized carbons (Fsp3) is 0.158. The molecule has 1 aliphatic carbocycles. The van der Waals surface area contributed by atoms with Crippen LogP contribution in [0, 0.1) is 0 Å². The van der Waals surface area contributed by atoms with E-state index in [2.05, 4.69) is 30.3 Å². The molecule has 1 atom stereocenters. The van der Waals surface area contributed by atoms with E-state index < -0.39 is 0 Å². The summed E-state index contributed by atoms with van der Waals surface area (Å²) in [5.41, 5.74) is 3.68. The maximum absolute atomic E-state index is 12.7. The lowest BCUT2D eigenvalue weighted by Gasteiger charge is -2.14. The Bertz CT molecular complexity index is 789. The summed E-state index contributed by atoms with van der Waals surface area (Å²) in [5, 5.41) is 14.6. The minimum absolute atomic E-state index is 0.199. The first-order valence-corrected chi connectivity index (χ1v) is 7.11. The van der Waals surface area contributed by atoms with Crippen LogP contribution in [0.3, 0.4) is 0 Å². The van der Waals surface area contributed by atoms with Crippen LogP contribution >= 0.6 is 0 Å². The van der Waals surface area contributed by atoms with Crippen molar-refractivity contribution in [3.05, 3.63) is 77.4 Å². The van der Waals surface area contributed by atoms with E-state index >= 15 is 0 Å². The Labute approximate surface area is 118 Å². The van der Waals surface area contributed by atoms with Crippen LogP contribution in [0.2, 0.25) is 0 Å². The fourth-order valence-corrected chi connectivity index (χ4v) is 3.41. The molecule has 0 saturated heterocycles. The molecule has 1 unspecified atom stereocenters. The lowest BCUT2D eigenvalue weighted by molar-refractivity contribution is 0.353. The van der Waals surface area contributed by atoms with Crippen LogP contribution < -0.4 is 0 Å². The molecule has 0 bridgehead atoms. The Kier molecular flexibility index (Phi) is 2.53. The molecule has 0 heterocycles. The van der Waals surface area contributed by atoms with Gasteiger partial charge in [0.15, 0.2) is 5.75 Å². The van der Waals surface area contributed by atoms with Crippen LogP contribution in [-0.4, -0.2) is 0 Å². The number of fused-ring (bicyclic) bond motifs is 2. The van der Waals surface area contributed by atoms with E-state index in [0.717, 1.165) is 29.2 Å². The largest absolute Gasteiger partial charge is 0.289 e. The third-order valence-corrected chi connectivity index (χ3v) is 4.42. The van der Waals surface area contributed by atoms with Crippen LogP contribution in [-0.2, 0) is 11.5 Å². The number of aryl methyl sites for hydroxylation is 1. The molecule has 0 N–H and O–H groups in total. The summed E-state index contributed by atoms with van der Waals surface area (Å²) in [4.78, 5) is 0. The molecule has 0 fully saturated rings. The second-order valence-corrected chi connectivity index (χ2v) is 5.50. The zero-order chi connectivity index (χ0) is 13.5. The van der Waals surface area contributed by atoms with Gasteiger partial charge in [0.2, 0.25) is 0 Å². The van der Waals surface area contributed by atoms with Gasteiger partial charge in [-0.25, -0.2) is 0 Å². The standard InChI is InChI=1S/C19H15O/c20-19-16-8-4-2-6-14(16)10-12-18(19)17-11-9-13-5-1-3-7-15(13)17/h1-8,10,12,17H,9,11H2. The second-order valence-electron chi connectivity index (χ2n) is 5.50. The van der Waals surface area contributed by atoms with Crippen LogP contribution in [0.5, 0.6) is 5.75 Å². The van der Waals surface area contributed by atoms with Gasteiger partial charge in [0.1, 0.15) is 0 Å². The van der Waals surface area contributed by atoms with E-state index in [4.69, 9.17) is 0 Å². The quantitative estimate of drug-likeness (QED) is 0.582. The van der Waals surface area contributed by atoms with Gasteiger partial charge in [0.25, 0.3) is 0 Å². The Morgan fingerprint density at radius 2 is 1.60 bits per heavy atom. The molecule has 1 nitrogen and oxygen atoms in total. The number of hydrogen-bond donors (Lipinski definition) is 0. The Hall–Kier alpha value is -2.28. The number of rotatable bonds is 1. The highest BCUT2D eigenvalue weighted by molar-refractivity contribution is 5.89. The average molecular weight is 259 g/mol. The Morgan fingerprint density at radius 3 is 2.55 bits per heavy atom. The van der Waals surface area contributed by atoms with Gasteiger partial charge in [-0.2, -0.15) is 0 Å². The zero-order valence-corrected chi connectivity index (χ0v) is 11.2. The van der Waals surface area contributed by atoms with E-state index in [1.165, 1.54) is 11.1 Å². The highest BCUT2D eigenvalue weighted by Gasteiger charge is 2.26. The number of hydrogen-bond acceptors (Lipinski definition) is 0. The second kappa shape index (κ2) is 4.38. The van der Waals surface area contributed by atoms with Gasteiger partial charge in [-0.3, -0.25) is 5.11 Å². The van der Waals surface area contributed by atoms with Crippen molar-refractivity contribution in [3.63, 3.8) is 0 Å². The summed E-state index contributed by atoms with van der Waals surface area (Å²) in [6.07, 6.45) is 2.13. The zero-order valence-electron chi connectivity index (χ0n) is 11.2. The monoisotopic (exact) mass is 259 g/mol.